The van der Waals surface area contributed by atoms with E-state index in [1.54, 1.807) is 0 Å². The average Bonchev–Trinajstić information content (AvgIpc) is 2.67. The number of hydrogen-bond acceptors (Lipinski definition) is 6. The summed E-state index contributed by atoms with van der Waals surface area (Å²) < 4.78 is 35.3. The molecule has 1 N–H and O–H groups in total. The van der Waals surface area contributed by atoms with Crippen molar-refractivity contribution in [2.75, 3.05) is 32.3 Å². The van der Waals surface area contributed by atoms with Crippen molar-refractivity contribution in [3.63, 3.8) is 0 Å². The predicted octanol–water partition coefficient (Wildman–Crippen LogP) is 2.19. The monoisotopic (exact) mass is 420 g/mol. The van der Waals surface area contributed by atoms with Crippen LogP contribution >= 0.6 is 0 Å². The Morgan fingerprint density at radius 2 is 1.72 bits per heavy atom. The summed E-state index contributed by atoms with van der Waals surface area (Å²) in [6.07, 6.45) is 1.05. The molecule has 156 valence electrons. The van der Waals surface area contributed by atoms with E-state index in [1.807, 2.05) is 31.2 Å². The lowest BCUT2D eigenvalue weighted by molar-refractivity contribution is -0.116. The van der Waals surface area contributed by atoms with Crippen molar-refractivity contribution in [2.45, 2.75) is 13.5 Å². The van der Waals surface area contributed by atoms with Crippen molar-refractivity contribution in [1.29, 1.82) is 0 Å². The van der Waals surface area contributed by atoms with Gasteiger partial charge in [0.1, 0.15) is 5.75 Å². The SMILES string of the molecule is COC(=O)c1ccc(OC)c(NC(=O)CN(Cc2ccc(C)cc2)S(C)(=O)=O)c1. The van der Waals surface area contributed by atoms with Crippen LogP contribution in [0.5, 0.6) is 5.75 Å². The summed E-state index contributed by atoms with van der Waals surface area (Å²) in [7, 11) is -0.965. The smallest absolute Gasteiger partial charge is 0.337 e. The van der Waals surface area contributed by atoms with Crippen molar-refractivity contribution in [3.8, 4) is 5.75 Å². The minimum Gasteiger partial charge on any atom is -0.495 e. The third-order valence-corrected chi connectivity index (χ3v) is 5.36. The topological polar surface area (TPSA) is 102 Å². The summed E-state index contributed by atoms with van der Waals surface area (Å²) in [5.74, 6) is -0.807. The van der Waals surface area contributed by atoms with Crippen LogP contribution < -0.4 is 10.1 Å². The Morgan fingerprint density at radius 1 is 1.07 bits per heavy atom. The van der Waals surface area contributed by atoms with Gasteiger partial charge in [0, 0.05) is 6.54 Å². The second kappa shape index (κ2) is 9.53. The number of hydrogen-bond donors (Lipinski definition) is 1. The van der Waals surface area contributed by atoms with Crippen molar-refractivity contribution < 1.29 is 27.5 Å². The zero-order chi connectivity index (χ0) is 21.6. The molecule has 0 aromatic heterocycles. The molecule has 0 saturated heterocycles. The van der Waals surface area contributed by atoms with Crippen LogP contribution in [0.15, 0.2) is 42.5 Å². The van der Waals surface area contributed by atoms with Crippen LogP contribution in [0.4, 0.5) is 5.69 Å². The summed E-state index contributed by atoms with van der Waals surface area (Å²) in [5.41, 5.74) is 2.28. The highest BCUT2D eigenvalue weighted by Gasteiger charge is 2.22. The first kappa shape index (κ1) is 22.4. The highest BCUT2D eigenvalue weighted by atomic mass is 32.2. The molecule has 0 aliphatic rings. The van der Waals surface area contributed by atoms with Gasteiger partial charge in [-0.15, -0.1) is 0 Å². The quantitative estimate of drug-likeness (QED) is 0.657. The maximum Gasteiger partial charge on any atom is 0.337 e. The third kappa shape index (κ3) is 6.30. The van der Waals surface area contributed by atoms with Gasteiger partial charge < -0.3 is 14.8 Å². The molecule has 0 aliphatic heterocycles. The molecular weight excluding hydrogens is 396 g/mol. The molecule has 0 fully saturated rings. The number of nitrogens with zero attached hydrogens (tertiary/aromatic N) is 1. The van der Waals surface area contributed by atoms with Gasteiger partial charge in [-0.25, -0.2) is 13.2 Å². The molecule has 0 saturated carbocycles. The van der Waals surface area contributed by atoms with Gasteiger partial charge in [-0.3, -0.25) is 4.79 Å². The number of sulfonamides is 1. The molecule has 9 heteroatoms. The molecule has 0 atom stereocenters. The number of rotatable bonds is 8. The molecule has 0 radical (unpaired) electrons. The summed E-state index contributed by atoms with van der Waals surface area (Å²) in [6.45, 7) is 1.60. The molecule has 8 nitrogen and oxygen atoms in total. The number of amides is 1. The molecule has 1 amide bonds. The average molecular weight is 420 g/mol. The Bertz CT molecular complexity index is 987. The van der Waals surface area contributed by atoms with E-state index in [9.17, 15) is 18.0 Å². The van der Waals surface area contributed by atoms with Crippen LogP contribution in [0.25, 0.3) is 0 Å². The largest absolute Gasteiger partial charge is 0.495 e. The number of ether oxygens (including phenoxy) is 2. The van der Waals surface area contributed by atoms with E-state index in [2.05, 4.69) is 10.1 Å². The molecule has 0 bridgehead atoms. The Labute approximate surface area is 170 Å². The Hall–Kier alpha value is -2.91. The van der Waals surface area contributed by atoms with Crippen LogP contribution in [-0.4, -0.2) is 51.6 Å². The van der Waals surface area contributed by atoms with E-state index in [0.29, 0.717) is 5.75 Å². The van der Waals surface area contributed by atoms with Crippen molar-refractivity contribution in [2.24, 2.45) is 0 Å². The summed E-state index contributed by atoms with van der Waals surface area (Å²) >= 11 is 0. The van der Waals surface area contributed by atoms with Gasteiger partial charge >= 0.3 is 5.97 Å². The highest BCUT2D eigenvalue weighted by molar-refractivity contribution is 7.88. The molecule has 2 aromatic carbocycles. The first-order valence-electron chi connectivity index (χ1n) is 8.71. The predicted molar refractivity (Wildman–Crippen MR) is 109 cm³/mol. The molecule has 0 heterocycles. The van der Waals surface area contributed by atoms with E-state index >= 15 is 0 Å². The number of anilines is 1. The Kier molecular flexibility index (Phi) is 7.35. The second-order valence-electron chi connectivity index (χ2n) is 6.47. The van der Waals surface area contributed by atoms with Crippen LogP contribution in [0.3, 0.4) is 0 Å². The molecule has 29 heavy (non-hydrogen) atoms. The van der Waals surface area contributed by atoms with Crippen molar-refractivity contribution in [1.82, 2.24) is 4.31 Å². The number of nitrogens with one attached hydrogen (secondary N) is 1. The molecule has 0 unspecified atom stereocenters. The number of carbonyl (C=O) groups is 2. The fourth-order valence-electron chi connectivity index (χ4n) is 2.59. The zero-order valence-corrected chi connectivity index (χ0v) is 17.6. The van der Waals surface area contributed by atoms with E-state index < -0.39 is 28.4 Å². The van der Waals surface area contributed by atoms with Gasteiger partial charge in [-0.2, -0.15) is 4.31 Å². The number of carbonyl (C=O) groups excluding carboxylic acids is 2. The number of aryl methyl sites for hydroxylation is 1. The minimum absolute atomic E-state index is 0.0614. The molecule has 0 spiro atoms. The summed E-state index contributed by atoms with van der Waals surface area (Å²) in [4.78, 5) is 24.3. The van der Waals surface area contributed by atoms with Crippen LogP contribution in [0.1, 0.15) is 21.5 Å². The number of methoxy groups -OCH3 is 2. The third-order valence-electron chi connectivity index (χ3n) is 4.16. The molecule has 2 aromatic rings. The van der Waals surface area contributed by atoms with Gasteiger partial charge in [0.05, 0.1) is 38.3 Å². The normalized spacial score (nSPS) is 11.2. The minimum atomic E-state index is -3.63. The van der Waals surface area contributed by atoms with E-state index in [0.717, 1.165) is 21.7 Å². The van der Waals surface area contributed by atoms with E-state index in [-0.39, 0.29) is 17.8 Å². The van der Waals surface area contributed by atoms with Gasteiger partial charge in [0.15, 0.2) is 0 Å². The maximum absolute atomic E-state index is 12.5. The fourth-order valence-corrected chi connectivity index (χ4v) is 3.32. The Morgan fingerprint density at radius 3 is 2.28 bits per heavy atom. The molecule has 2 rings (SSSR count). The molecule has 0 aliphatic carbocycles. The van der Waals surface area contributed by atoms with Crippen LogP contribution in [0, 0.1) is 6.92 Å². The summed E-state index contributed by atoms with van der Waals surface area (Å²) in [5, 5.41) is 2.60. The Balaban J connectivity index is 2.19. The van der Waals surface area contributed by atoms with Crippen molar-refractivity contribution in [3.05, 3.63) is 59.2 Å². The van der Waals surface area contributed by atoms with Gasteiger partial charge in [0.25, 0.3) is 0 Å². The summed E-state index contributed by atoms with van der Waals surface area (Å²) in [6, 6.07) is 11.8. The lowest BCUT2D eigenvalue weighted by Gasteiger charge is -2.20. The van der Waals surface area contributed by atoms with E-state index in [4.69, 9.17) is 4.74 Å². The van der Waals surface area contributed by atoms with Crippen LogP contribution in [0.2, 0.25) is 0 Å². The highest BCUT2D eigenvalue weighted by Crippen LogP contribution is 2.26. The standard InChI is InChI=1S/C20H24N2O6S/c1-14-5-7-15(8-6-14)12-22(29(4,25)26)13-19(23)21-17-11-16(20(24)28-3)9-10-18(17)27-2/h5-11H,12-13H2,1-4H3,(H,21,23). The number of benzene rings is 2. The first-order chi connectivity index (χ1) is 13.6. The van der Waals surface area contributed by atoms with Gasteiger partial charge in [0.2, 0.25) is 15.9 Å². The first-order valence-corrected chi connectivity index (χ1v) is 10.6. The lowest BCUT2D eigenvalue weighted by atomic mass is 10.1. The van der Waals surface area contributed by atoms with Gasteiger partial charge in [-0.1, -0.05) is 29.8 Å². The van der Waals surface area contributed by atoms with Gasteiger partial charge in [-0.05, 0) is 30.7 Å². The number of esters is 1. The fraction of sp³-hybridized carbons (Fsp3) is 0.300. The zero-order valence-electron chi connectivity index (χ0n) is 16.8. The van der Waals surface area contributed by atoms with E-state index in [1.165, 1.54) is 32.4 Å². The van der Waals surface area contributed by atoms with Crippen molar-refractivity contribution >= 4 is 27.6 Å². The second-order valence-corrected chi connectivity index (χ2v) is 8.45. The lowest BCUT2D eigenvalue weighted by Crippen LogP contribution is -2.37. The molecular formula is C20H24N2O6S. The van der Waals surface area contributed by atoms with Crippen LogP contribution in [-0.2, 0) is 26.1 Å². The maximum atomic E-state index is 12.5.